The Morgan fingerprint density at radius 1 is 0.652 bits per heavy atom. The summed E-state index contributed by atoms with van der Waals surface area (Å²) in [6, 6.07) is 0. The molecule has 0 fully saturated rings. The van der Waals surface area contributed by atoms with E-state index in [4.69, 9.17) is 18.9 Å². The van der Waals surface area contributed by atoms with Crippen LogP contribution in [0.3, 0.4) is 0 Å². The number of ether oxygens (including phenoxy) is 4. The van der Waals surface area contributed by atoms with Gasteiger partial charge in [0.05, 0.1) is 13.2 Å². The molecule has 0 saturated heterocycles. The fourth-order valence-corrected chi connectivity index (χ4v) is 2.12. The third-order valence-electron chi connectivity index (χ3n) is 3.16. The van der Waals surface area contributed by atoms with Crippen LogP contribution in [0.2, 0.25) is 0 Å². The minimum absolute atomic E-state index is 0.316. The summed E-state index contributed by atoms with van der Waals surface area (Å²) in [5.74, 6) is -0.632. The van der Waals surface area contributed by atoms with Crippen molar-refractivity contribution in [2.75, 3.05) is 13.2 Å². The molecule has 0 heterocycles. The molecule has 0 bridgehead atoms. The van der Waals surface area contributed by atoms with Crippen molar-refractivity contribution in [3.63, 3.8) is 0 Å². The van der Waals surface area contributed by atoms with Gasteiger partial charge in [0.15, 0.2) is 12.6 Å². The molecule has 0 aliphatic rings. The molecule has 0 aliphatic heterocycles. The Bertz CT molecular complexity index is 288. The summed E-state index contributed by atoms with van der Waals surface area (Å²) >= 11 is 0. The molecule has 0 N–H and O–H groups in total. The molecule has 6 heteroatoms. The quantitative estimate of drug-likeness (QED) is 0.275. The second-order valence-electron chi connectivity index (χ2n) is 5.57. The van der Waals surface area contributed by atoms with Crippen molar-refractivity contribution < 1.29 is 28.5 Å². The Morgan fingerprint density at radius 2 is 0.957 bits per heavy atom. The van der Waals surface area contributed by atoms with Crippen LogP contribution < -0.4 is 0 Å². The van der Waals surface area contributed by atoms with Crippen molar-refractivity contribution in [1.29, 1.82) is 0 Å². The van der Waals surface area contributed by atoms with Crippen LogP contribution in [-0.2, 0) is 28.5 Å². The Kier molecular flexibility index (Phi) is 13.7. The first-order valence-electron chi connectivity index (χ1n) is 8.49. The van der Waals surface area contributed by atoms with Gasteiger partial charge in [0.2, 0.25) is 0 Å². The number of carbonyl (C=O) groups is 2. The fraction of sp³-hybridized carbons (Fsp3) is 0.882. The SMILES string of the molecule is CC(=O)OC(C)OCCCCCCCCCOC(C)OC(C)=O. The van der Waals surface area contributed by atoms with Crippen LogP contribution in [0.4, 0.5) is 0 Å². The Labute approximate surface area is 139 Å². The first kappa shape index (κ1) is 21.9. The van der Waals surface area contributed by atoms with Crippen LogP contribution in [0.25, 0.3) is 0 Å². The maximum atomic E-state index is 10.7. The summed E-state index contributed by atoms with van der Waals surface area (Å²) in [5, 5.41) is 0. The summed E-state index contributed by atoms with van der Waals surface area (Å²) in [6.45, 7) is 7.45. The highest BCUT2D eigenvalue weighted by Crippen LogP contribution is 2.08. The average Bonchev–Trinajstić information content (AvgIpc) is 2.43. The van der Waals surface area contributed by atoms with Crippen LogP contribution >= 0.6 is 0 Å². The van der Waals surface area contributed by atoms with Gasteiger partial charge in [-0.15, -0.1) is 0 Å². The van der Waals surface area contributed by atoms with E-state index in [1.807, 2.05) is 0 Å². The van der Waals surface area contributed by atoms with E-state index in [1.165, 1.54) is 33.1 Å². The standard InChI is InChI=1S/C17H32O6/c1-14(18)22-16(3)20-12-10-8-6-5-7-9-11-13-21-17(4)23-15(2)19/h16-17H,5-13H2,1-4H3. The smallest absolute Gasteiger partial charge is 0.304 e. The van der Waals surface area contributed by atoms with Crippen molar-refractivity contribution in [3.05, 3.63) is 0 Å². The summed E-state index contributed by atoms with van der Waals surface area (Å²) in [6.07, 6.45) is 6.83. The molecular weight excluding hydrogens is 300 g/mol. The van der Waals surface area contributed by atoms with E-state index in [9.17, 15) is 9.59 Å². The molecule has 0 aromatic heterocycles. The highest BCUT2D eigenvalue weighted by atomic mass is 16.7. The summed E-state index contributed by atoms with van der Waals surface area (Å²) in [5.41, 5.74) is 0. The highest BCUT2D eigenvalue weighted by Gasteiger charge is 2.05. The van der Waals surface area contributed by atoms with Crippen LogP contribution in [0.15, 0.2) is 0 Å². The predicted molar refractivity (Wildman–Crippen MR) is 86.7 cm³/mol. The lowest BCUT2D eigenvalue weighted by molar-refractivity contribution is -0.173. The molecule has 23 heavy (non-hydrogen) atoms. The summed E-state index contributed by atoms with van der Waals surface area (Å²) < 4.78 is 20.5. The van der Waals surface area contributed by atoms with Gasteiger partial charge in [-0.3, -0.25) is 9.59 Å². The molecule has 0 aromatic carbocycles. The van der Waals surface area contributed by atoms with Crippen molar-refractivity contribution >= 4 is 11.9 Å². The van der Waals surface area contributed by atoms with E-state index in [0.717, 1.165) is 25.7 Å². The average molecular weight is 332 g/mol. The number of carbonyl (C=O) groups excluding carboxylic acids is 2. The third kappa shape index (κ3) is 17.1. The monoisotopic (exact) mass is 332 g/mol. The largest absolute Gasteiger partial charge is 0.436 e. The van der Waals surface area contributed by atoms with E-state index in [2.05, 4.69) is 0 Å². The molecule has 0 rings (SSSR count). The fourth-order valence-electron chi connectivity index (χ4n) is 2.12. The lowest BCUT2D eigenvalue weighted by Gasteiger charge is -2.12. The van der Waals surface area contributed by atoms with Crippen molar-refractivity contribution in [3.8, 4) is 0 Å². The second kappa shape index (κ2) is 14.5. The molecule has 0 amide bonds. The zero-order valence-electron chi connectivity index (χ0n) is 15.0. The first-order valence-corrected chi connectivity index (χ1v) is 8.49. The number of hydrogen-bond donors (Lipinski definition) is 0. The molecule has 0 spiro atoms. The van der Waals surface area contributed by atoms with Crippen molar-refractivity contribution in [2.24, 2.45) is 0 Å². The molecule has 2 atom stereocenters. The van der Waals surface area contributed by atoms with Crippen molar-refractivity contribution in [2.45, 2.75) is 85.2 Å². The highest BCUT2D eigenvalue weighted by molar-refractivity contribution is 5.66. The van der Waals surface area contributed by atoms with E-state index in [0.29, 0.717) is 13.2 Å². The van der Waals surface area contributed by atoms with Crippen LogP contribution in [0.1, 0.15) is 72.6 Å². The van der Waals surface area contributed by atoms with Gasteiger partial charge in [0.1, 0.15) is 0 Å². The van der Waals surface area contributed by atoms with Gasteiger partial charge in [0.25, 0.3) is 0 Å². The van der Waals surface area contributed by atoms with E-state index in [1.54, 1.807) is 13.8 Å². The maximum Gasteiger partial charge on any atom is 0.304 e. The van der Waals surface area contributed by atoms with Crippen LogP contribution in [0.5, 0.6) is 0 Å². The van der Waals surface area contributed by atoms with Crippen LogP contribution in [0, 0.1) is 0 Å². The topological polar surface area (TPSA) is 71.1 Å². The summed E-state index contributed by atoms with van der Waals surface area (Å²) in [7, 11) is 0. The van der Waals surface area contributed by atoms with Gasteiger partial charge in [-0.05, 0) is 26.7 Å². The zero-order chi connectivity index (χ0) is 17.5. The minimum Gasteiger partial charge on any atom is -0.436 e. The van der Waals surface area contributed by atoms with Gasteiger partial charge < -0.3 is 18.9 Å². The summed E-state index contributed by atoms with van der Waals surface area (Å²) in [4.78, 5) is 21.4. The molecule has 136 valence electrons. The lowest BCUT2D eigenvalue weighted by Crippen LogP contribution is -2.16. The van der Waals surface area contributed by atoms with Crippen molar-refractivity contribution in [1.82, 2.24) is 0 Å². The van der Waals surface area contributed by atoms with Gasteiger partial charge in [-0.1, -0.05) is 32.1 Å². The lowest BCUT2D eigenvalue weighted by atomic mass is 10.1. The van der Waals surface area contributed by atoms with E-state index in [-0.39, 0.29) is 11.9 Å². The van der Waals surface area contributed by atoms with Crippen LogP contribution in [-0.4, -0.2) is 37.7 Å². The number of rotatable bonds is 14. The Hall–Kier alpha value is -1.14. The second-order valence-corrected chi connectivity index (χ2v) is 5.57. The molecule has 0 aliphatic carbocycles. The zero-order valence-corrected chi connectivity index (χ0v) is 15.0. The maximum absolute atomic E-state index is 10.7. The minimum atomic E-state index is -0.457. The molecule has 0 aromatic rings. The van der Waals surface area contributed by atoms with Gasteiger partial charge >= 0.3 is 11.9 Å². The van der Waals surface area contributed by atoms with Gasteiger partial charge in [-0.2, -0.15) is 0 Å². The number of unbranched alkanes of at least 4 members (excludes halogenated alkanes) is 6. The first-order chi connectivity index (χ1) is 10.9. The number of esters is 2. The Balaban J connectivity index is 3.22. The molecular formula is C17H32O6. The van der Waals surface area contributed by atoms with E-state index >= 15 is 0 Å². The molecule has 0 radical (unpaired) electrons. The predicted octanol–water partition coefficient (Wildman–Crippen LogP) is 3.57. The van der Waals surface area contributed by atoms with Gasteiger partial charge in [0, 0.05) is 13.8 Å². The molecule has 2 unspecified atom stereocenters. The number of hydrogen-bond acceptors (Lipinski definition) is 6. The Morgan fingerprint density at radius 3 is 1.26 bits per heavy atom. The van der Waals surface area contributed by atoms with Gasteiger partial charge in [-0.25, -0.2) is 0 Å². The third-order valence-corrected chi connectivity index (χ3v) is 3.16. The normalized spacial score (nSPS) is 13.4. The molecule has 6 nitrogen and oxygen atoms in total. The van der Waals surface area contributed by atoms with E-state index < -0.39 is 12.6 Å². The molecule has 0 saturated carbocycles.